The highest BCUT2D eigenvalue weighted by molar-refractivity contribution is 5.95. The van der Waals surface area contributed by atoms with Gasteiger partial charge in [0.25, 0.3) is 5.91 Å². The second-order valence-corrected chi connectivity index (χ2v) is 6.57. The Bertz CT molecular complexity index is 703. The van der Waals surface area contributed by atoms with Gasteiger partial charge in [-0.3, -0.25) is 9.69 Å². The number of piperazine rings is 1. The Morgan fingerprint density at radius 1 is 1.17 bits per heavy atom. The maximum absolute atomic E-state index is 12.6. The Morgan fingerprint density at radius 3 is 2.50 bits per heavy atom. The number of aromatic nitrogens is 2. The Hall–Kier alpha value is -2.21. The van der Waals surface area contributed by atoms with Gasteiger partial charge in [0.2, 0.25) is 11.8 Å². The lowest BCUT2D eigenvalue weighted by Crippen LogP contribution is -2.48. The maximum atomic E-state index is 12.6. The highest BCUT2D eigenvalue weighted by Gasteiger charge is 2.24. The Kier molecular flexibility index (Phi) is 4.94. The summed E-state index contributed by atoms with van der Waals surface area (Å²) in [5.41, 5.74) is 1.82. The van der Waals surface area contributed by atoms with Crippen molar-refractivity contribution in [3.05, 3.63) is 47.2 Å². The van der Waals surface area contributed by atoms with E-state index in [1.54, 1.807) is 0 Å². The largest absolute Gasteiger partial charge is 0.424 e. The lowest BCUT2D eigenvalue weighted by Gasteiger charge is -2.34. The lowest BCUT2D eigenvalue weighted by molar-refractivity contribution is 0.0616. The van der Waals surface area contributed by atoms with Crippen molar-refractivity contribution < 1.29 is 9.21 Å². The van der Waals surface area contributed by atoms with Crippen LogP contribution in [0.3, 0.4) is 0 Å². The standard InChI is InChI=1S/C18H24N4O2/c1-13(2)17-20-19-16(24-17)12-21-8-10-22(11-9-21)18(23)15-7-5-4-6-14(15)3/h4-7,13H,8-12H2,1-3H3. The number of nitrogens with zero attached hydrogens (tertiary/aromatic N) is 4. The molecular weight excluding hydrogens is 304 g/mol. The minimum Gasteiger partial charge on any atom is -0.424 e. The molecule has 1 aromatic carbocycles. The molecule has 24 heavy (non-hydrogen) atoms. The number of hydrogen-bond acceptors (Lipinski definition) is 5. The van der Waals surface area contributed by atoms with Gasteiger partial charge in [0.05, 0.1) is 6.54 Å². The van der Waals surface area contributed by atoms with Crippen molar-refractivity contribution in [1.82, 2.24) is 20.0 Å². The van der Waals surface area contributed by atoms with Crippen LogP contribution in [-0.2, 0) is 6.54 Å². The molecule has 0 radical (unpaired) electrons. The molecule has 0 spiro atoms. The summed E-state index contributed by atoms with van der Waals surface area (Å²) in [6, 6.07) is 7.75. The molecule has 6 nitrogen and oxygen atoms in total. The van der Waals surface area contributed by atoms with E-state index in [1.807, 2.05) is 49.9 Å². The van der Waals surface area contributed by atoms with E-state index in [-0.39, 0.29) is 11.8 Å². The van der Waals surface area contributed by atoms with Gasteiger partial charge in [0, 0.05) is 37.7 Å². The lowest BCUT2D eigenvalue weighted by atomic mass is 10.1. The zero-order valence-electron chi connectivity index (χ0n) is 14.5. The summed E-state index contributed by atoms with van der Waals surface area (Å²) in [7, 11) is 0. The molecular formula is C18H24N4O2. The SMILES string of the molecule is Cc1ccccc1C(=O)N1CCN(Cc2nnc(C(C)C)o2)CC1. The van der Waals surface area contributed by atoms with Crippen molar-refractivity contribution in [1.29, 1.82) is 0 Å². The van der Waals surface area contributed by atoms with Crippen LogP contribution in [0, 0.1) is 6.92 Å². The van der Waals surface area contributed by atoms with E-state index in [2.05, 4.69) is 15.1 Å². The molecule has 1 aromatic heterocycles. The Morgan fingerprint density at radius 2 is 1.88 bits per heavy atom. The van der Waals surface area contributed by atoms with Crippen LogP contribution in [0.2, 0.25) is 0 Å². The van der Waals surface area contributed by atoms with Crippen LogP contribution in [0.15, 0.2) is 28.7 Å². The third-order valence-corrected chi connectivity index (χ3v) is 4.37. The molecule has 0 unspecified atom stereocenters. The minimum atomic E-state index is 0.118. The van der Waals surface area contributed by atoms with Crippen LogP contribution in [0.5, 0.6) is 0 Å². The summed E-state index contributed by atoms with van der Waals surface area (Å²) in [5.74, 6) is 1.69. The predicted molar refractivity (Wildman–Crippen MR) is 90.7 cm³/mol. The van der Waals surface area contributed by atoms with E-state index in [4.69, 9.17) is 4.42 Å². The van der Waals surface area contributed by atoms with Gasteiger partial charge in [-0.2, -0.15) is 0 Å². The van der Waals surface area contributed by atoms with Gasteiger partial charge < -0.3 is 9.32 Å². The number of benzene rings is 1. The second kappa shape index (κ2) is 7.13. The summed E-state index contributed by atoms with van der Waals surface area (Å²) in [4.78, 5) is 16.8. The van der Waals surface area contributed by atoms with Crippen molar-refractivity contribution in [3.8, 4) is 0 Å². The first-order valence-corrected chi connectivity index (χ1v) is 8.44. The quantitative estimate of drug-likeness (QED) is 0.863. The molecule has 1 amide bonds. The van der Waals surface area contributed by atoms with E-state index < -0.39 is 0 Å². The van der Waals surface area contributed by atoms with E-state index in [9.17, 15) is 4.79 Å². The van der Waals surface area contributed by atoms with Crippen LogP contribution >= 0.6 is 0 Å². The second-order valence-electron chi connectivity index (χ2n) is 6.57. The summed E-state index contributed by atoms with van der Waals surface area (Å²) >= 11 is 0. The third-order valence-electron chi connectivity index (χ3n) is 4.37. The highest BCUT2D eigenvalue weighted by Crippen LogP contribution is 2.16. The minimum absolute atomic E-state index is 0.118. The highest BCUT2D eigenvalue weighted by atomic mass is 16.4. The number of amides is 1. The van der Waals surface area contributed by atoms with Gasteiger partial charge >= 0.3 is 0 Å². The molecule has 0 aliphatic carbocycles. The first kappa shape index (κ1) is 16.6. The van der Waals surface area contributed by atoms with Crippen LogP contribution in [0.4, 0.5) is 0 Å². The van der Waals surface area contributed by atoms with E-state index in [1.165, 1.54) is 0 Å². The molecule has 1 aliphatic heterocycles. The first-order valence-electron chi connectivity index (χ1n) is 8.44. The van der Waals surface area contributed by atoms with Crippen LogP contribution in [0.1, 0.15) is 47.5 Å². The predicted octanol–water partition coefficient (Wildman–Crippen LogP) is 2.46. The summed E-state index contributed by atoms with van der Waals surface area (Å²) in [6.45, 7) is 9.77. The van der Waals surface area contributed by atoms with Crippen molar-refractivity contribution in [2.24, 2.45) is 0 Å². The van der Waals surface area contributed by atoms with Crippen molar-refractivity contribution >= 4 is 5.91 Å². The van der Waals surface area contributed by atoms with E-state index in [0.29, 0.717) is 18.3 Å². The van der Waals surface area contributed by atoms with Crippen molar-refractivity contribution in [3.63, 3.8) is 0 Å². The Balaban J connectivity index is 1.55. The topological polar surface area (TPSA) is 62.5 Å². The molecule has 0 saturated carbocycles. The van der Waals surface area contributed by atoms with Crippen molar-refractivity contribution in [2.45, 2.75) is 33.2 Å². The molecule has 0 N–H and O–H groups in total. The average molecular weight is 328 g/mol. The molecule has 1 aliphatic rings. The summed E-state index contributed by atoms with van der Waals surface area (Å²) in [6.07, 6.45) is 0. The number of carbonyl (C=O) groups is 1. The van der Waals surface area contributed by atoms with Crippen LogP contribution in [-0.4, -0.2) is 52.1 Å². The van der Waals surface area contributed by atoms with E-state index >= 15 is 0 Å². The molecule has 1 saturated heterocycles. The van der Waals surface area contributed by atoms with Gasteiger partial charge in [-0.1, -0.05) is 32.0 Å². The summed E-state index contributed by atoms with van der Waals surface area (Å²) < 4.78 is 5.66. The molecule has 2 heterocycles. The maximum Gasteiger partial charge on any atom is 0.254 e. The van der Waals surface area contributed by atoms with Gasteiger partial charge in [0.1, 0.15) is 0 Å². The third kappa shape index (κ3) is 3.64. The summed E-state index contributed by atoms with van der Waals surface area (Å²) in [5, 5.41) is 8.17. The smallest absolute Gasteiger partial charge is 0.254 e. The molecule has 128 valence electrons. The molecule has 2 aromatic rings. The zero-order valence-corrected chi connectivity index (χ0v) is 14.5. The van der Waals surface area contributed by atoms with Crippen LogP contribution < -0.4 is 0 Å². The van der Waals surface area contributed by atoms with Gasteiger partial charge in [0.15, 0.2) is 0 Å². The molecule has 0 bridgehead atoms. The normalized spacial score (nSPS) is 15.9. The fourth-order valence-electron chi connectivity index (χ4n) is 2.85. The monoisotopic (exact) mass is 328 g/mol. The Labute approximate surface area is 142 Å². The number of carbonyl (C=O) groups excluding carboxylic acids is 1. The molecule has 1 fully saturated rings. The molecule has 3 rings (SSSR count). The fraction of sp³-hybridized carbons (Fsp3) is 0.500. The zero-order chi connectivity index (χ0) is 17.1. The number of rotatable bonds is 4. The number of aryl methyl sites for hydroxylation is 1. The van der Waals surface area contributed by atoms with Gasteiger partial charge in [-0.15, -0.1) is 10.2 Å². The van der Waals surface area contributed by atoms with Gasteiger partial charge in [-0.05, 0) is 18.6 Å². The van der Waals surface area contributed by atoms with Gasteiger partial charge in [-0.25, -0.2) is 0 Å². The van der Waals surface area contributed by atoms with Crippen LogP contribution in [0.25, 0.3) is 0 Å². The first-order chi connectivity index (χ1) is 11.5. The van der Waals surface area contributed by atoms with E-state index in [0.717, 1.165) is 37.3 Å². The average Bonchev–Trinajstić information content (AvgIpc) is 3.04. The van der Waals surface area contributed by atoms with Crippen molar-refractivity contribution in [2.75, 3.05) is 26.2 Å². The molecule has 0 atom stereocenters. The fourth-order valence-corrected chi connectivity index (χ4v) is 2.85. The number of hydrogen-bond donors (Lipinski definition) is 0. The molecule has 6 heteroatoms.